The molecule has 0 spiro atoms. The highest BCUT2D eigenvalue weighted by Crippen LogP contribution is 2.37. The summed E-state index contributed by atoms with van der Waals surface area (Å²) in [5, 5.41) is 14.9. The number of amides is 1. The monoisotopic (exact) mass is 460 g/mol. The molecule has 1 heterocycles. The Hall–Kier alpha value is -2.87. The summed E-state index contributed by atoms with van der Waals surface area (Å²) in [6, 6.07) is 12.8. The number of carbonyl (C=O) groups is 2. The third-order valence-electron chi connectivity index (χ3n) is 4.67. The highest BCUT2D eigenvalue weighted by atomic mass is 79.9. The van der Waals surface area contributed by atoms with Gasteiger partial charge in [0, 0.05) is 28.9 Å². The second kappa shape index (κ2) is 9.09. The van der Waals surface area contributed by atoms with E-state index in [1.54, 1.807) is 20.3 Å². The fourth-order valence-corrected chi connectivity index (χ4v) is 3.66. The van der Waals surface area contributed by atoms with Gasteiger partial charge in [-0.25, -0.2) is 5.01 Å². The highest BCUT2D eigenvalue weighted by molar-refractivity contribution is 9.10. The molecule has 0 aliphatic carbocycles. The zero-order valence-corrected chi connectivity index (χ0v) is 17.7. The molecule has 3 rings (SSSR count). The van der Waals surface area contributed by atoms with E-state index in [0.717, 1.165) is 15.6 Å². The quantitative estimate of drug-likeness (QED) is 0.673. The fourth-order valence-electron chi connectivity index (χ4n) is 3.24. The summed E-state index contributed by atoms with van der Waals surface area (Å²) in [5.74, 6) is -0.101. The third kappa shape index (κ3) is 4.76. The minimum atomic E-state index is -1.02. The Morgan fingerprint density at radius 2 is 1.97 bits per heavy atom. The lowest BCUT2D eigenvalue weighted by molar-refractivity contribution is -0.141. The van der Waals surface area contributed by atoms with E-state index in [1.165, 1.54) is 5.01 Å². The van der Waals surface area contributed by atoms with Gasteiger partial charge in [-0.2, -0.15) is 5.10 Å². The van der Waals surface area contributed by atoms with Crippen molar-refractivity contribution in [1.82, 2.24) is 5.01 Å². The van der Waals surface area contributed by atoms with E-state index in [2.05, 4.69) is 21.0 Å². The van der Waals surface area contributed by atoms with Gasteiger partial charge < -0.3 is 14.6 Å². The first kappa shape index (κ1) is 20.9. The minimum Gasteiger partial charge on any atom is -0.497 e. The van der Waals surface area contributed by atoms with Crippen LogP contribution in [0.25, 0.3) is 0 Å². The van der Waals surface area contributed by atoms with Crippen molar-refractivity contribution in [3.8, 4) is 11.5 Å². The van der Waals surface area contributed by atoms with Crippen molar-refractivity contribution < 1.29 is 24.2 Å². The van der Waals surface area contributed by atoms with Crippen molar-refractivity contribution in [1.29, 1.82) is 0 Å². The van der Waals surface area contributed by atoms with Crippen molar-refractivity contribution in [3.05, 3.63) is 58.1 Å². The Balaban J connectivity index is 1.97. The van der Waals surface area contributed by atoms with E-state index in [9.17, 15) is 9.59 Å². The van der Waals surface area contributed by atoms with Crippen LogP contribution in [0.4, 0.5) is 0 Å². The van der Waals surface area contributed by atoms with E-state index in [-0.39, 0.29) is 24.8 Å². The van der Waals surface area contributed by atoms with Gasteiger partial charge in [0.1, 0.15) is 11.5 Å². The predicted molar refractivity (Wildman–Crippen MR) is 111 cm³/mol. The highest BCUT2D eigenvalue weighted by Gasteiger charge is 2.34. The zero-order valence-electron chi connectivity index (χ0n) is 16.1. The maximum atomic E-state index is 12.7. The van der Waals surface area contributed by atoms with Gasteiger partial charge in [0.2, 0.25) is 5.91 Å². The van der Waals surface area contributed by atoms with Crippen LogP contribution in [0.5, 0.6) is 11.5 Å². The molecule has 8 heteroatoms. The summed E-state index contributed by atoms with van der Waals surface area (Å²) in [6.45, 7) is 0. The summed E-state index contributed by atoms with van der Waals surface area (Å²) in [7, 11) is 3.14. The van der Waals surface area contributed by atoms with Crippen LogP contribution in [0, 0.1) is 0 Å². The Labute approximate surface area is 177 Å². The van der Waals surface area contributed by atoms with Gasteiger partial charge in [-0.1, -0.05) is 28.1 Å². The first-order chi connectivity index (χ1) is 13.9. The standard InChI is InChI=1S/C21H21BrN2O5/c1-28-15-6-7-16(19(11-15)29-2)17-12-18(13-4-3-5-14(22)10-13)24(23-17)20(25)8-9-21(26)27/h3-7,10-11,18H,8-9,12H2,1-2H3,(H,26,27). The first-order valence-electron chi connectivity index (χ1n) is 9.02. The molecule has 29 heavy (non-hydrogen) atoms. The Kier molecular flexibility index (Phi) is 6.53. The second-order valence-electron chi connectivity index (χ2n) is 6.52. The molecule has 1 N–H and O–H groups in total. The number of carboxylic acids is 1. The molecule has 1 atom stereocenters. The van der Waals surface area contributed by atoms with E-state index in [4.69, 9.17) is 14.6 Å². The molecule has 2 aromatic rings. The Bertz CT molecular complexity index is 960. The van der Waals surface area contributed by atoms with Crippen molar-refractivity contribution in [2.45, 2.75) is 25.3 Å². The van der Waals surface area contributed by atoms with Crippen LogP contribution in [-0.2, 0) is 9.59 Å². The second-order valence-corrected chi connectivity index (χ2v) is 7.44. The van der Waals surface area contributed by atoms with Gasteiger partial charge >= 0.3 is 5.97 Å². The first-order valence-corrected chi connectivity index (χ1v) is 9.81. The number of ether oxygens (including phenoxy) is 2. The third-order valence-corrected chi connectivity index (χ3v) is 5.16. The summed E-state index contributed by atoms with van der Waals surface area (Å²) < 4.78 is 11.6. The lowest BCUT2D eigenvalue weighted by Crippen LogP contribution is -2.27. The molecule has 1 aliphatic heterocycles. The maximum Gasteiger partial charge on any atom is 0.303 e. The number of nitrogens with zero attached hydrogens (tertiary/aromatic N) is 2. The number of hydrazone groups is 1. The fraction of sp³-hybridized carbons (Fsp3) is 0.286. The zero-order chi connectivity index (χ0) is 21.0. The summed E-state index contributed by atoms with van der Waals surface area (Å²) in [6.07, 6.45) is 0.131. The van der Waals surface area contributed by atoms with Crippen LogP contribution < -0.4 is 9.47 Å². The number of methoxy groups -OCH3 is 2. The summed E-state index contributed by atoms with van der Waals surface area (Å²) in [4.78, 5) is 23.6. The molecule has 2 aromatic carbocycles. The van der Waals surface area contributed by atoms with Gasteiger partial charge in [0.15, 0.2) is 0 Å². The molecule has 1 amide bonds. The number of hydrogen-bond donors (Lipinski definition) is 1. The average Bonchev–Trinajstić information content (AvgIpc) is 3.16. The number of halogens is 1. The number of aliphatic carboxylic acids is 1. The molecule has 1 aliphatic rings. The smallest absolute Gasteiger partial charge is 0.303 e. The molecule has 0 saturated carbocycles. The van der Waals surface area contributed by atoms with Crippen LogP contribution in [-0.4, -0.2) is 41.9 Å². The van der Waals surface area contributed by atoms with Crippen LogP contribution in [0.3, 0.4) is 0 Å². The van der Waals surface area contributed by atoms with Gasteiger partial charge in [-0.15, -0.1) is 0 Å². The van der Waals surface area contributed by atoms with Crippen molar-refractivity contribution >= 4 is 33.5 Å². The normalized spacial score (nSPS) is 15.8. The average molecular weight is 461 g/mol. The lowest BCUT2D eigenvalue weighted by Gasteiger charge is -2.22. The SMILES string of the molecule is COc1ccc(C2=NN(C(=O)CCC(=O)O)C(c3cccc(Br)c3)C2)c(OC)c1. The topological polar surface area (TPSA) is 88.4 Å². The van der Waals surface area contributed by atoms with E-state index >= 15 is 0 Å². The van der Waals surface area contributed by atoms with Gasteiger partial charge in [0.05, 0.1) is 32.4 Å². The van der Waals surface area contributed by atoms with Crippen molar-refractivity contribution in [2.24, 2.45) is 5.10 Å². The number of carbonyl (C=O) groups excluding carboxylic acids is 1. The number of carboxylic acid groups (broad SMARTS) is 1. The number of hydrogen-bond acceptors (Lipinski definition) is 5. The largest absolute Gasteiger partial charge is 0.497 e. The molecule has 1 unspecified atom stereocenters. The minimum absolute atomic E-state index is 0.115. The molecule has 0 fully saturated rings. The van der Waals surface area contributed by atoms with Crippen molar-refractivity contribution in [3.63, 3.8) is 0 Å². The lowest BCUT2D eigenvalue weighted by atomic mass is 9.97. The van der Waals surface area contributed by atoms with Gasteiger partial charge in [-0.3, -0.25) is 9.59 Å². The number of benzene rings is 2. The van der Waals surface area contributed by atoms with E-state index in [1.807, 2.05) is 36.4 Å². The summed E-state index contributed by atoms with van der Waals surface area (Å²) in [5.41, 5.74) is 2.37. The molecule has 7 nitrogen and oxygen atoms in total. The van der Waals surface area contributed by atoms with Crippen LogP contribution in [0.2, 0.25) is 0 Å². The Morgan fingerprint density at radius 1 is 1.17 bits per heavy atom. The molecular weight excluding hydrogens is 440 g/mol. The van der Waals surface area contributed by atoms with Crippen LogP contribution in [0.1, 0.15) is 36.4 Å². The summed E-state index contributed by atoms with van der Waals surface area (Å²) >= 11 is 3.46. The van der Waals surface area contributed by atoms with Crippen LogP contribution in [0.15, 0.2) is 52.0 Å². The number of rotatable bonds is 7. The van der Waals surface area contributed by atoms with E-state index < -0.39 is 5.97 Å². The molecular formula is C21H21BrN2O5. The molecule has 152 valence electrons. The predicted octanol–water partition coefficient (Wildman–Crippen LogP) is 4.01. The van der Waals surface area contributed by atoms with Crippen LogP contribution >= 0.6 is 15.9 Å². The molecule has 0 saturated heterocycles. The maximum absolute atomic E-state index is 12.7. The van der Waals surface area contributed by atoms with Crippen molar-refractivity contribution in [2.75, 3.05) is 14.2 Å². The molecule has 0 radical (unpaired) electrons. The van der Waals surface area contributed by atoms with Gasteiger partial charge in [0.25, 0.3) is 0 Å². The van der Waals surface area contributed by atoms with Gasteiger partial charge in [-0.05, 0) is 29.8 Å². The van der Waals surface area contributed by atoms with E-state index in [0.29, 0.717) is 23.6 Å². The molecule has 0 aromatic heterocycles. The Morgan fingerprint density at radius 3 is 2.62 bits per heavy atom. The molecule has 0 bridgehead atoms.